The van der Waals surface area contributed by atoms with Crippen molar-refractivity contribution in [3.05, 3.63) is 77.3 Å². The summed E-state index contributed by atoms with van der Waals surface area (Å²) in [5, 5.41) is 0. The first-order valence-electron chi connectivity index (χ1n) is 5.95. The molecule has 0 aromatic heterocycles. The molecule has 0 N–H and O–H groups in total. The largest absolute Gasteiger partial charge is 0.115 e. The number of terminal acetylenes is 1. The second-order valence-electron chi connectivity index (χ2n) is 4.44. The normalized spacial score (nSPS) is 14.3. The van der Waals surface area contributed by atoms with E-state index >= 15 is 0 Å². The van der Waals surface area contributed by atoms with E-state index in [1.54, 1.807) is 0 Å². The Morgan fingerprint density at radius 3 is 2.06 bits per heavy atom. The van der Waals surface area contributed by atoms with E-state index in [9.17, 15) is 0 Å². The van der Waals surface area contributed by atoms with Gasteiger partial charge in [0.15, 0.2) is 0 Å². The highest BCUT2D eigenvalue weighted by molar-refractivity contribution is 5.46. The van der Waals surface area contributed by atoms with Gasteiger partial charge in [0, 0.05) is 11.5 Å². The molecular weight excluding hydrogens is 216 g/mol. The third-order valence-corrected chi connectivity index (χ3v) is 2.72. The van der Waals surface area contributed by atoms with Gasteiger partial charge in [-0.3, -0.25) is 0 Å². The summed E-state index contributed by atoms with van der Waals surface area (Å²) in [6.45, 7) is 10.1. The summed E-state index contributed by atoms with van der Waals surface area (Å²) in [5.74, 6) is 3.83. The van der Waals surface area contributed by atoms with Gasteiger partial charge in [-0.15, -0.1) is 6.42 Å². The highest BCUT2D eigenvalue weighted by atomic mass is 14.1. The van der Waals surface area contributed by atoms with Crippen molar-refractivity contribution in [3.8, 4) is 12.3 Å². The fourth-order valence-electron chi connectivity index (χ4n) is 1.50. The first-order chi connectivity index (χ1) is 8.52. The molecule has 1 aromatic carbocycles. The summed E-state index contributed by atoms with van der Waals surface area (Å²) in [7, 11) is 0. The van der Waals surface area contributed by atoms with Crippen LogP contribution in [0, 0.1) is 25.2 Å². The van der Waals surface area contributed by atoms with Crippen LogP contribution in [0.2, 0.25) is 0 Å². The van der Waals surface area contributed by atoms with Crippen molar-refractivity contribution >= 4 is 0 Å². The Labute approximate surface area is 111 Å². The predicted molar refractivity (Wildman–Crippen MR) is 80.1 cm³/mol. The Balaban J connectivity index is 0.000000180. The predicted octanol–water partition coefficient (Wildman–Crippen LogP) is 4.63. The number of rotatable bonds is 0. The molecule has 91 valence electrons. The molecule has 0 amide bonds. The number of hydrogen-bond acceptors (Lipinski definition) is 0. The van der Waals surface area contributed by atoms with Crippen LogP contribution in [-0.4, -0.2) is 0 Å². The van der Waals surface area contributed by atoms with Crippen LogP contribution in [0.5, 0.6) is 0 Å². The second-order valence-corrected chi connectivity index (χ2v) is 4.44. The maximum absolute atomic E-state index is 5.15. The van der Waals surface area contributed by atoms with E-state index in [4.69, 9.17) is 6.42 Å². The molecule has 1 radical (unpaired) electrons. The first kappa shape index (κ1) is 14.1. The lowest BCUT2D eigenvalue weighted by molar-refractivity contribution is 1.21. The van der Waals surface area contributed by atoms with Gasteiger partial charge in [-0.05, 0) is 31.6 Å². The van der Waals surface area contributed by atoms with Crippen molar-refractivity contribution in [1.29, 1.82) is 0 Å². The van der Waals surface area contributed by atoms with Gasteiger partial charge in [0.1, 0.15) is 0 Å². The first-order valence-corrected chi connectivity index (χ1v) is 5.95. The third kappa shape index (κ3) is 4.47. The second kappa shape index (κ2) is 6.67. The van der Waals surface area contributed by atoms with Crippen molar-refractivity contribution in [1.82, 2.24) is 0 Å². The van der Waals surface area contributed by atoms with E-state index in [-0.39, 0.29) is 0 Å². The molecule has 0 saturated heterocycles. The fourth-order valence-corrected chi connectivity index (χ4v) is 1.50. The van der Waals surface area contributed by atoms with E-state index in [1.807, 2.05) is 37.3 Å². The lowest BCUT2D eigenvalue weighted by Crippen LogP contribution is -1.93. The van der Waals surface area contributed by atoms with Crippen LogP contribution >= 0.6 is 0 Å². The molecule has 0 bridgehead atoms. The van der Waals surface area contributed by atoms with Crippen molar-refractivity contribution in [2.75, 3.05) is 0 Å². The Hall–Kier alpha value is -2.00. The van der Waals surface area contributed by atoms with Gasteiger partial charge < -0.3 is 0 Å². The minimum atomic E-state index is 0.945. The van der Waals surface area contributed by atoms with E-state index in [0.717, 1.165) is 11.1 Å². The van der Waals surface area contributed by atoms with Gasteiger partial charge in [0.25, 0.3) is 0 Å². The Morgan fingerprint density at radius 2 is 1.61 bits per heavy atom. The molecule has 0 heterocycles. The molecule has 1 aliphatic carbocycles. The smallest absolute Gasteiger partial charge is 0.0242 e. The molecule has 0 heteroatoms. The zero-order valence-electron chi connectivity index (χ0n) is 11.3. The highest BCUT2D eigenvalue weighted by Gasteiger charge is 2.04. The maximum atomic E-state index is 5.15. The fraction of sp³-hybridized carbons (Fsp3) is 0.167. The van der Waals surface area contributed by atoms with Gasteiger partial charge >= 0.3 is 0 Å². The van der Waals surface area contributed by atoms with Crippen molar-refractivity contribution in [3.63, 3.8) is 0 Å². The Kier molecular flexibility index (Phi) is 5.21. The quantitative estimate of drug-likeness (QED) is 0.575. The summed E-state index contributed by atoms with van der Waals surface area (Å²) in [4.78, 5) is 0. The molecule has 2 rings (SSSR count). The van der Waals surface area contributed by atoms with Crippen molar-refractivity contribution < 1.29 is 0 Å². The average molecular weight is 235 g/mol. The van der Waals surface area contributed by atoms with Crippen LogP contribution in [0.4, 0.5) is 0 Å². The van der Waals surface area contributed by atoms with Crippen LogP contribution in [0.3, 0.4) is 0 Å². The van der Waals surface area contributed by atoms with Crippen LogP contribution in [0.1, 0.15) is 25.0 Å². The Morgan fingerprint density at radius 1 is 1.00 bits per heavy atom. The van der Waals surface area contributed by atoms with Gasteiger partial charge in [0.2, 0.25) is 0 Å². The number of allylic oxidation sites excluding steroid dienone is 5. The molecule has 0 spiro atoms. The van der Waals surface area contributed by atoms with Crippen LogP contribution in [-0.2, 0) is 0 Å². The molecule has 0 nitrogen and oxygen atoms in total. The molecule has 0 unspecified atom stereocenters. The lowest BCUT2D eigenvalue weighted by atomic mass is 9.95. The molecule has 0 aliphatic heterocycles. The van der Waals surface area contributed by atoms with Crippen molar-refractivity contribution in [2.24, 2.45) is 0 Å². The summed E-state index contributed by atoms with van der Waals surface area (Å²) >= 11 is 0. The highest BCUT2D eigenvalue weighted by Crippen LogP contribution is 2.21. The zero-order valence-corrected chi connectivity index (χ0v) is 11.3. The van der Waals surface area contributed by atoms with Gasteiger partial charge in [-0.25, -0.2) is 0 Å². The van der Waals surface area contributed by atoms with Gasteiger partial charge in [0.05, 0.1) is 0 Å². The molecule has 1 aliphatic rings. The van der Waals surface area contributed by atoms with E-state index in [0.29, 0.717) is 0 Å². The summed E-state index contributed by atoms with van der Waals surface area (Å²) < 4.78 is 0. The molecule has 0 atom stereocenters. The van der Waals surface area contributed by atoms with Crippen molar-refractivity contribution in [2.45, 2.75) is 20.8 Å². The van der Waals surface area contributed by atoms with Crippen LogP contribution in [0.15, 0.2) is 60.2 Å². The van der Waals surface area contributed by atoms with Crippen LogP contribution in [0.25, 0.3) is 0 Å². The van der Waals surface area contributed by atoms with E-state index in [1.165, 1.54) is 17.1 Å². The zero-order chi connectivity index (χ0) is 13.5. The lowest BCUT2D eigenvalue weighted by Gasteiger charge is -2.10. The minimum absolute atomic E-state index is 0.945. The maximum Gasteiger partial charge on any atom is 0.0242 e. The SMILES string of the molecule is C#Cc1ccc(C)cc1.C=C1C=CC(C)=C[C]1C. The minimum Gasteiger partial charge on any atom is -0.115 e. The van der Waals surface area contributed by atoms with Gasteiger partial charge in [-0.2, -0.15) is 0 Å². The van der Waals surface area contributed by atoms with Crippen LogP contribution < -0.4 is 0 Å². The third-order valence-electron chi connectivity index (χ3n) is 2.72. The van der Waals surface area contributed by atoms with E-state index < -0.39 is 0 Å². The molecular formula is C18H19. The number of benzene rings is 1. The summed E-state index contributed by atoms with van der Waals surface area (Å²) in [6, 6.07) is 7.90. The topological polar surface area (TPSA) is 0 Å². The number of hydrogen-bond donors (Lipinski definition) is 0. The molecule has 1 aromatic rings. The van der Waals surface area contributed by atoms with E-state index in [2.05, 4.69) is 38.5 Å². The average Bonchev–Trinajstić information content (AvgIpc) is 2.36. The van der Waals surface area contributed by atoms with Gasteiger partial charge in [-0.1, -0.05) is 60.9 Å². The molecule has 18 heavy (non-hydrogen) atoms. The number of aryl methyl sites for hydroxylation is 1. The standard InChI is InChI=1S/C9H11.C9H8/c1-7-4-5-8(2)9(3)6-7;1-3-9-6-4-8(2)5-7-9/h4-6H,2H2,1,3H3;1,4-7H,2H3. The summed E-state index contributed by atoms with van der Waals surface area (Å²) in [5.41, 5.74) is 4.62. The Bertz CT molecular complexity index is 504. The molecule has 0 fully saturated rings. The summed E-state index contributed by atoms with van der Waals surface area (Å²) in [6.07, 6.45) is 11.4. The molecule has 0 saturated carbocycles. The monoisotopic (exact) mass is 235 g/mol.